The first kappa shape index (κ1) is 22.6. The van der Waals surface area contributed by atoms with Crippen LogP contribution in [0, 0.1) is 0 Å². The monoisotopic (exact) mass is 421 g/mol. The van der Waals surface area contributed by atoms with Gasteiger partial charge in [0, 0.05) is 43.4 Å². The molecule has 1 saturated heterocycles. The number of hydrogen-bond acceptors (Lipinski definition) is 4. The maximum atomic E-state index is 13.5. The Balaban J connectivity index is 1.76. The highest BCUT2D eigenvalue weighted by Gasteiger charge is 2.25. The van der Waals surface area contributed by atoms with Gasteiger partial charge < -0.3 is 15.0 Å². The molecule has 1 heterocycles. The highest BCUT2D eigenvalue weighted by Crippen LogP contribution is 2.26. The lowest BCUT2D eigenvalue weighted by Gasteiger charge is -2.35. The molecule has 1 fully saturated rings. The van der Waals surface area contributed by atoms with Crippen molar-refractivity contribution in [1.29, 1.82) is 0 Å². The molecule has 0 aliphatic carbocycles. The Hall–Kier alpha value is -3.12. The molecule has 1 aliphatic rings. The molecule has 0 atom stereocenters. The first-order chi connectivity index (χ1) is 15.0. The van der Waals surface area contributed by atoms with Gasteiger partial charge in [0.1, 0.15) is 5.75 Å². The standard InChI is InChI=1S/C25H31N3O3/c1-19(2)26-24(29)18-27-13-15-28(16-14-27)25(30)22(20-9-5-4-6-10-20)17-21-11-7-8-12-23(21)31-3/h4-12,17,19H,13-16,18H2,1-3H3,(H,26,29)/b22-17+. The number of nitrogens with zero attached hydrogens (tertiary/aromatic N) is 2. The van der Waals surface area contributed by atoms with Gasteiger partial charge in [-0.05, 0) is 31.6 Å². The molecule has 0 radical (unpaired) electrons. The van der Waals surface area contributed by atoms with Gasteiger partial charge in [-0.25, -0.2) is 0 Å². The van der Waals surface area contributed by atoms with E-state index in [9.17, 15) is 9.59 Å². The number of carbonyl (C=O) groups is 2. The maximum Gasteiger partial charge on any atom is 0.254 e. The van der Waals surface area contributed by atoms with Gasteiger partial charge in [0.05, 0.1) is 13.7 Å². The molecule has 6 nitrogen and oxygen atoms in total. The molecule has 0 unspecified atom stereocenters. The van der Waals surface area contributed by atoms with Crippen LogP contribution in [-0.4, -0.2) is 67.5 Å². The van der Waals surface area contributed by atoms with E-state index in [0.29, 0.717) is 38.3 Å². The molecule has 0 spiro atoms. The molecular weight excluding hydrogens is 390 g/mol. The van der Waals surface area contributed by atoms with Crippen molar-refractivity contribution in [3.05, 3.63) is 65.7 Å². The zero-order valence-corrected chi connectivity index (χ0v) is 18.5. The van der Waals surface area contributed by atoms with Crippen molar-refractivity contribution >= 4 is 23.5 Å². The summed E-state index contributed by atoms with van der Waals surface area (Å²) < 4.78 is 5.47. The fraction of sp³-hybridized carbons (Fsp3) is 0.360. The van der Waals surface area contributed by atoms with Gasteiger partial charge in [-0.1, -0.05) is 48.5 Å². The SMILES string of the molecule is COc1ccccc1/C=C(/C(=O)N1CCN(CC(=O)NC(C)C)CC1)c1ccccc1. The summed E-state index contributed by atoms with van der Waals surface area (Å²) in [5, 5.41) is 2.92. The predicted molar refractivity (Wildman–Crippen MR) is 124 cm³/mol. The van der Waals surface area contributed by atoms with Crippen molar-refractivity contribution in [3.63, 3.8) is 0 Å². The Morgan fingerprint density at radius 2 is 1.65 bits per heavy atom. The first-order valence-electron chi connectivity index (χ1n) is 10.7. The second-order valence-electron chi connectivity index (χ2n) is 7.96. The third kappa shape index (κ3) is 6.18. The zero-order chi connectivity index (χ0) is 22.2. The fourth-order valence-electron chi connectivity index (χ4n) is 3.68. The summed E-state index contributed by atoms with van der Waals surface area (Å²) in [5.41, 5.74) is 2.37. The van der Waals surface area contributed by atoms with E-state index in [4.69, 9.17) is 4.74 Å². The molecule has 164 valence electrons. The maximum absolute atomic E-state index is 13.5. The van der Waals surface area contributed by atoms with E-state index in [-0.39, 0.29) is 17.9 Å². The van der Waals surface area contributed by atoms with Crippen LogP contribution in [0.4, 0.5) is 0 Å². The molecule has 0 bridgehead atoms. The van der Waals surface area contributed by atoms with Gasteiger partial charge in [0.2, 0.25) is 5.91 Å². The van der Waals surface area contributed by atoms with Crippen LogP contribution in [0.1, 0.15) is 25.0 Å². The summed E-state index contributed by atoms with van der Waals surface area (Å²) in [6, 6.07) is 17.5. The third-order valence-electron chi connectivity index (χ3n) is 5.23. The molecule has 2 amide bonds. The number of hydrogen-bond donors (Lipinski definition) is 1. The van der Waals surface area contributed by atoms with Crippen LogP contribution in [-0.2, 0) is 9.59 Å². The fourth-order valence-corrected chi connectivity index (χ4v) is 3.68. The minimum absolute atomic E-state index is 0.0108. The van der Waals surface area contributed by atoms with E-state index in [1.54, 1.807) is 7.11 Å². The average molecular weight is 422 g/mol. The molecule has 0 aromatic heterocycles. The summed E-state index contributed by atoms with van der Waals surface area (Å²) in [4.78, 5) is 29.5. The van der Waals surface area contributed by atoms with E-state index >= 15 is 0 Å². The number of methoxy groups -OCH3 is 1. The number of carbonyl (C=O) groups excluding carboxylic acids is 2. The summed E-state index contributed by atoms with van der Waals surface area (Å²) in [5.74, 6) is 0.740. The van der Waals surface area contributed by atoms with Crippen molar-refractivity contribution < 1.29 is 14.3 Å². The van der Waals surface area contributed by atoms with Crippen LogP contribution in [0.15, 0.2) is 54.6 Å². The number of ether oxygens (including phenoxy) is 1. The van der Waals surface area contributed by atoms with E-state index in [1.165, 1.54) is 0 Å². The van der Waals surface area contributed by atoms with Crippen molar-refractivity contribution in [3.8, 4) is 5.75 Å². The van der Waals surface area contributed by atoms with E-state index in [2.05, 4.69) is 10.2 Å². The number of para-hydroxylation sites is 1. The van der Waals surface area contributed by atoms with Crippen LogP contribution in [0.25, 0.3) is 11.6 Å². The van der Waals surface area contributed by atoms with Crippen molar-refractivity contribution in [1.82, 2.24) is 15.1 Å². The van der Waals surface area contributed by atoms with Crippen LogP contribution < -0.4 is 10.1 Å². The molecule has 1 N–H and O–H groups in total. The van der Waals surface area contributed by atoms with E-state index in [1.807, 2.05) is 79.4 Å². The molecule has 1 aliphatic heterocycles. The highest BCUT2D eigenvalue weighted by atomic mass is 16.5. The van der Waals surface area contributed by atoms with E-state index < -0.39 is 0 Å². The van der Waals surface area contributed by atoms with Gasteiger partial charge in [0.15, 0.2) is 0 Å². The lowest BCUT2D eigenvalue weighted by atomic mass is 10.0. The normalized spacial score (nSPS) is 15.1. The van der Waals surface area contributed by atoms with Crippen molar-refractivity contribution in [2.24, 2.45) is 0 Å². The van der Waals surface area contributed by atoms with Crippen LogP contribution in [0.2, 0.25) is 0 Å². The molecule has 31 heavy (non-hydrogen) atoms. The van der Waals surface area contributed by atoms with Crippen LogP contribution >= 0.6 is 0 Å². The predicted octanol–water partition coefficient (Wildman–Crippen LogP) is 2.90. The molecule has 2 aromatic rings. The largest absolute Gasteiger partial charge is 0.496 e. The smallest absolute Gasteiger partial charge is 0.254 e. The molecular formula is C25H31N3O3. The number of piperazine rings is 1. The Morgan fingerprint density at radius 1 is 1.00 bits per heavy atom. The second-order valence-corrected chi connectivity index (χ2v) is 7.96. The number of amides is 2. The summed E-state index contributed by atoms with van der Waals surface area (Å²) >= 11 is 0. The molecule has 2 aromatic carbocycles. The third-order valence-corrected chi connectivity index (χ3v) is 5.23. The quantitative estimate of drug-likeness (QED) is 0.552. The van der Waals surface area contributed by atoms with Gasteiger partial charge in [-0.3, -0.25) is 14.5 Å². The lowest BCUT2D eigenvalue weighted by molar-refractivity contribution is -0.127. The minimum atomic E-state index is -0.0108. The Labute approximate surface area is 184 Å². The number of rotatable bonds is 7. The topological polar surface area (TPSA) is 61.9 Å². The second kappa shape index (κ2) is 10.8. The van der Waals surface area contributed by atoms with Gasteiger partial charge in [0.25, 0.3) is 5.91 Å². The zero-order valence-electron chi connectivity index (χ0n) is 18.5. The van der Waals surface area contributed by atoms with Crippen molar-refractivity contribution in [2.75, 3.05) is 39.8 Å². The highest BCUT2D eigenvalue weighted by molar-refractivity contribution is 6.24. The minimum Gasteiger partial charge on any atom is -0.496 e. The van der Waals surface area contributed by atoms with Gasteiger partial charge in [-0.2, -0.15) is 0 Å². The van der Waals surface area contributed by atoms with Gasteiger partial charge >= 0.3 is 0 Å². The Bertz CT molecular complexity index is 917. The summed E-state index contributed by atoms with van der Waals surface area (Å²) in [7, 11) is 1.63. The molecule has 6 heteroatoms. The molecule has 0 saturated carbocycles. The average Bonchev–Trinajstić information content (AvgIpc) is 2.78. The summed E-state index contributed by atoms with van der Waals surface area (Å²) in [6.07, 6.45) is 1.90. The molecule has 3 rings (SSSR count). The Kier molecular flexibility index (Phi) is 7.84. The van der Waals surface area contributed by atoms with Crippen LogP contribution in [0.5, 0.6) is 5.75 Å². The van der Waals surface area contributed by atoms with Crippen molar-refractivity contribution in [2.45, 2.75) is 19.9 Å². The van der Waals surface area contributed by atoms with Crippen LogP contribution in [0.3, 0.4) is 0 Å². The number of nitrogens with one attached hydrogen (secondary N) is 1. The lowest BCUT2D eigenvalue weighted by Crippen LogP contribution is -2.51. The van der Waals surface area contributed by atoms with E-state index in [0.717, 1.165) is 16.9 Å². The Morgan fingerprint density at radius 3 is 2.29 bits per heavy atom. The van der Waals surface area contributed by atoms with Gasteiger partial charge in [-0.15, -0.1) is 0 Å². The first-order valence-corrected chi connectivity index (χ1v) is 10.7. The summed E-state index contributed by atoms with van der Waals surface area (Å²) in [6.45, 7) is 6.79. The number of benzene rings is 2.